The fourth-order valence-corrected chi connectivity index (χ4v) is 5.62. The molecule has 208 valence electrons. The van der Waals surface area contributed by atoms with E-state index < -0.39 is 22.6 Å². The van der Waals surface area contributed by atoms with Gasteiger partial charge in [0.1, 0.15) is 22.9 Å². The summed E-state index contributed by atoms with van der Waals surface area (Å²) in [6, 6.07) is 3.79. The molecule has 1 aliphatic carbocycles. The van der Waals surface area contributed by atoms with E-state index in [1.165, 1.54) is 0 Å². The Labute approximate surface area is 222 Å². The highest BCUT2D eigenvalue weighted by Crippen LogP contribution is 2.55. The molecule has 1 N–H and O–H groups in total. The predicted molar refractivity (Wildman–Crippen MR) is 138 cm³/mol. The number of ether oxygens (including phenoxy) is 2. The molecule has 0 bridgehead atoms. The first-order valence-electron chi connectivity index (χ1n) is 13.1. The van der Waals surface area contributed by atoms with Crippen LogP contribution in [-0.4, -0.2) is 40.1 Å². The number of esters is 1. The topological polar surface area (TPSA) is 142 Å². The standard InChI is InChI=1S/C28H37NO9/c1-27(2,13-7-5-6-8-14-36-29(34)35)18-15-22(37-25(33)12-11-24(31)32)26-20-17-19(30)9-10-21(20)28(3,4)38-23(26)16-18/h11-12,15-16,20-21H,5-10,13-14,17H2,1-4H3,(H,31,32)/t20-,21-/m1/s1. The van der Waals surface area contributed by atoms with Crippen LogP contribution in [0.1, 0.15) is 96.1 Å². The summed E-state index contributed by atoms with van der Waals surface area (Å²) in [4.78, 5) is 50.5. The van der Waals surface area contributed by atoms with Gasteiger partial charge in [-0.3, -0.25) is 4.79 Å². The molecule has 1 saturated carbocycles. The van der Waals surface area contributed by atoms with Crippen LogP contribution in [-0.2, 0) is 24.6 Å². The molecule has 10 nitrogen and oxygen atoms in total. The fraction of sp³-hybridized carbons (Fsp3) is 0.607. The average molecular weight is 532 g/mol. The smallest absolute Gasteiger partial charge is 0.336 e. The zero-order chi connectivity index (χ0) is 28.1. The van der Waals surface area contributed by atoms with Crippen molar-refractivity contribution in [3.05, 3.63) is 45.5 Å². The lowest BCUT2D eigenvalue weighted by Gasteiger charge is -2.47. The molecule has 0 amide bonds. The van der Waals surface area contributed by atoms with Gasteiger partial charge in [-0.05, 0) is 56.2 Å². The first-order valence-corrected chi connectivity index (χ1v) is 13.1. The molecular formula is C28H37NO9. The number of hydrogen-bond acceptors (Lipinski definition) is 8. The van der Waals surface area contributed by atoms with Gasteiger partial charge in [0, 0.05) is 42.4 Å². The maximum absolute atomic E-state index is 12.5. The Hall–Kier alpha value is -3.43. The Morgan fingerprint density at radius 1 is 1.21 bits per heavy atom. The van der Waals surface area contributed by atoms with E-state index >= 15 is 0 Å². The third-order valence-corrected chi connectivity index (χ3v) is 7.66. The van der Waals surface area contributed by atoms with Crippen molar-refractivity contribution in [2.24, 2.45) is 5.92 Å². The highest BCUT2D eigenvalue weighted by Gasteiger charge is 2.48. The molecule has 1 heterocycles. The highest BCUT2D eigenvalue weighted by molar-refractivity contribution is 5.92. The van der Waals surface area contributed by atoms with E-state index in [0.717, 1.165) is 43.4 Å². The van der Waals surface area contributed by atoms with Gasteiger partial charge in [-0.1, -0.05) is 33.1 Å². The molecule has 2 atom stereocenters. The van der Waals surface area contributed by atoms with Crippen LogP contribution >= 0.6 is 0 Å². The Morgan fingerprint density at radius 2 is 1.92 bits per heavy atom. The van der Waals surface area contributed by atoms with Crippen molar-refractivity contribution in [2.45, 2.75) is 96.0 Å². The van der Waals surface area contributed by atoms with Crippen molar-refractivity contribution in [2.75, 3.05) is 6.61 Å². The molecule has 0 radical (unpaired) electrons. The van der Waals surface area contributed by atoms with Gasteiger partial charge in [0.15, 0.2) is 0 Å². The number of ketones is 1. The highest BCUT2D eigenvalue weighted by atomic mass is 16.9. The minimum absolute atomic E-state index is 0.0675. The second kappa shape index (κ2) is 12.0. The van der Waals surface area contributed by atoms with Crippen LogP contribution in [0.15, 0.2) is 24.3 Å². The number of unbranched alkanes of at least 4 members (excludes halogenated alkanes) is 3. The summed E-state index contributed by atoms with van der Waals surface area (Å²) in [5.41, 5.74) is 0.744. The van der Waals surface area contributed by atoms with E-state index in [9.17, 15) is 24.5 Å². The summed E-state index contributed by atoms with van der Waals surface area (Å²) in [5.74, 6) is -1.14. The van der Waals surface area contributed by atoms with E-state index in [4.69, 9.17) is 14.6 Å². The number of carbonyl (C=O) groups is 3. The molecule has 0 aromatic heterocycles. The number of benzene rings is 1. The molecule has 10 heteroatoms. The van der Waals surface area contributed by atoms with Crippen LogP contribution in [0.3, 0.4) is 0 Å². The average Bonchev–Trinajstić information content (AvgIpc) is 2.81. The molecule has 0 spiro atoms. The first kappa shape index (κ1) is 29.1. The fourth-order valence-electron chi connectivity index (χ4n) is 5.62. The molecular weight excluding hydrogens is 494 g/mol. The second-order valence-electron chi connectivity index (χ2n) is 11.3. The second-order valence-corrected chi connectivity index (χ2v) is 11.3. The molecule has 1 aliphatic heterocycles. The van der Waals surface area contributed by atoms with Gasteiger partial charge >= 0.3 is 11.9 Å². The van der Waals surface area contributed by atoms with Gasteiger partial charge in [0.05, 0.1) is 6.61 Å². The third kappa shape index (κ3) is 7.33. The van der Waals surface area contributed by atoms with Crippen molar-refractivity contribution in [3.8, 4) is 11.5 Å². The van der Waals surface area contributed by atoms with E-state index in [2.05, 4.69) is 18.7 Å². The largest absolute Gasteiger partial charge is 0.487 e. The van der Waals surface area contributed by atoms with E-state index in [0.29, 0.717) is 42.7 Å². The van der Waals surface area contributed by atoms with Crippen LogP contribution in [0.4, 0.5) is 0 Å². The van der Waals surface area contributed by atoms with Gasteiger partial charge in [-0.15, -0.1) is 10.1 Å². The number of aliphatic carboxylic acids is 1. The van der Waals surface area contributed by atoms with Gasteiger partial charge < -0.3 is 19.4 Å². The van der Waals surface area contributed by atoms with Crippen molar-refractivity contribution >= 4 is 17.7 Å². The summed E-state index contributed by atoms with van der Waals surface area (Å²) >= 11 is 0. The van der Waals surface area contributed by atoms with Crippen LogP contribution in [0.25, 0.3) is 0 Å². The lowest BCUT2D eigenvalue weighted by Crippen LogP contribution is -2.47. The van der Waals surface area contributed by atoms with Crippen molar-refractivity contribution in [1.29, 1.82) is 0 Å². The molecule has 3 rings (SSSR count). The summed E-state index contributed by atoms with van der Waals surface area (Å²) in [6.45, 7) is 8.29. The number of nitrogens with zero attached hydrogens (tertiary/aromatic N) is 1. The number of hydrogen-bond donors (Lipinski definition) is 1. The Bertz CT molecular complexity index is 1110. The molecule has 0 saturated heterocycles. The normalized spacial score (nSPS) is 20.3. The summed E-state index contributed by atoms with van der Waals surface area (Å²) in [5, 5.41) is 18.4. The first-order chi connectivity index (χ1) is 17.8. The zero-order valence-corrected chi connectivity index (χ0v) is 22.5. The van der Waals surface area contributed by atoms with E-state index in [1.807, 2.05) is 26.0 Å². The lowest BCUT2D eigenvalue weighted by molar-refractivity contribution is -0.757. The molecule has 0 unspecified atom stereocenters. The van der Waals surface area contributed by atoms with Crippen LogP contribution in [0, 0.1) is 16.0 Å². The van der Waals surface area contributed by atoms with Crippen LogP contribution < -0.4 is 9.47 Å². The number of carbonyl (C=O) groups excluding carboxylic acids is 2. The zero-order valence-electron chi connectivity index (χ0n) is 22.5. The minimum atomic E-state index is -1.26. The molecule has 1 aromatic carbocycles. The molecule has 38 heavy (non-hydrogen) atoms. The van der Waals surface area contributed by atoms with Crippen molar-refractivity contribution in [1.82, 2.24) is 0 Å². The van der Waals surface area contributed by atoms with Gasteiger partial charge in [-0.2, -0.15) is 0 Å². The third-order valence-electron chi connectivity index (χ3n) is 7.66. The molecule has 1 fully saturated rings. The summed E-state index contributed by atoms with van der Waals surface area (Å²) in [7, 11) is 0. The van der Waals surface area contributed by atoms with Crippen molar-refractivity contribution < 1.29 is 38.9 Å². The Balaban J connectivity index is 1.89. The van der Waals surface area contributed by atoms with Gasteiger partial charge in [0.2, 0.25) is 0 Å². The predicted octanol–water partition coefficient (Wildman–Crippen LogP) is 5.29. The number of rotatable bonds is 12. The lowest BCUT2D eigenvalue weighted by atomic mass is 9.66. The number of carboxylic acids is 1. The minimum Gasteiger partial charge on any atom is -0.487 e. The quantitative estimate of drug-likeness (QED) is 0.0950. The maximum Gasteiger partial charge on any atom is 0.336 e. The molecule has 1 aromatic rings. The monoisotopic (exact) mass is 531 g/mol. The summed E-state index contributed by atoms with van der Waals surface area (Å²) < 4.78 is 12.2. The SMILES string of the molecule is CC(C)(CCCCCCO[N+](=O)[O-])c1cc(OC(=O)C=CC(=O)O)c2c(c1)OC(C)(C)[C@@H]1CCC(=O)C[C@@H]21. The van der Waals surface area contributed by atoms with Crippen LogP contribution in [0.5, 0.6) is 11.5 Å². The van der Waals surface area contributed by atoms with Gasteiger partial charge in [0.25, 0.3) is 5.09 Å². The number of carboxylic acid groups (broad SMARTS) is 1. The Kier molecular flexibility index (Phi) is 9.17. The van der Waals surface area contributed by atoms with E-state index in [1.54, 1.807) is 0 Å². The maximum atomic E-state index is 12.5. The van der Waals surface area contributed by atoms with Crippen LogP contribution in [0.2, 0.25) is 0 Å². The van der Waals surface area contributed by atoms with E-state index in [-0.39, 0.29) is 29.6 Å². The Morgan fingerprint density at radius 3 is 2.61 bits per heavy atom. The van der Waals surface area contributed by atoms with Gasteiger partial charge in [-0.25, -0.2) is 9.59 Å². The number of Topliss-reactive ketones (excluding diaryl/α,β-unsaturated/α-hetero) is 1. The molecule has 2 aliphatic rings. The van der Waals surface area contributed by atoms with Crippen molar-refractivity contribution in [3.63, 3.8) is 0 Å². The summed E-state index contributed by atoms with van der Waals surface area (Å²) in [6.07, 6.45) is 7.08. The number of fused-ring (bicyclic) bond motifs is 3.